The van der Waals surface area contributed by atoms with E-state index in [1.54, 1.807) is 6.07 Å². The zero-order chi connectivity index (χ0) is 16.2. The zero-order valence-electron chi connectivity index (χ0n) is 13.5. The Labute approximate surface area is 137 Å². The van der Waals surface area contributed by atoms with Crippen molar-refractivity contribution in [1.82, 2.24) is 4.90 Å². The molecule has 120 valence electrons. The number of amides is 1. The summed E-state index contributed by atoms with van der Waals surface area (Å²) in [5, 5.41) is 3.41. The molecule has 0 aliphatic carbocycles. The van der Waals surface area contributed by atoms with E-state index in [1.165, 1.54) is 5.56 Å². The molecule has 1 aliphatic heterocycles. The third-order valence-corrected chi connectivity index (χ3v) is 4.36. The zero-order valence-corrected chi connectivity index (χ0v) is 13.5. The first-order chi connectivity index (χ1) is 11.1. The monoisotopic (exact) mass is 309 g/mol. The molecule has 0 spiro atoms. The first kappa shape index (κ1) is 15.4. The van der Waals surface area contributed by atoms with Gasteiger partial charge in [-0.05, 0) is 43.5 Å². The summed E-state index contributed by atoms with van der Waals surface area (Å²) in [7, 11) is 0. The number of carbonyl (C=O) groups is 1. The number of hydrogen-bond donors (Lipinski definition) is 2. The highest BCUT2D eigenvalue weighted by Crippen LogP contribution is 2.26. The average Bonchev–Trinajstić information content (AvgIpc) is 3.11. The molecule has 0 unspecified atom stereocenters. The normalized spacial score (nSPS) is 15.4. The molecule has 23 heavy (non-hydrogen) atoms. The summed E-state index contributed by atoms with van der Waals surface area (Å²) in [6, 6.07) is 15.9. The van der Waals surface area contributed by atoms with Crippen LogP contribution in [0.4, 0.5) is 11.4 Å². The summed E-state index contributed by atoms with van der Waals surface area (Å²) < 4.78 is 0. The van der Waals surface area contributed by atoms with E-state index >= 15 is 0 Å². The lowest BCUT2D eigenvalue weighted by Gasteiger charge is -2.19. The SMILES string of the molecule is C[C@H](Nc1ccc(C(=O)N2CCCC2)cc1N)c1ccccc1. The maximum Gasteiger partial charge on any atom is 0.253 e. The van der Waals surface area contributed by atoms with Crippen molar-refractivity contribution in [1.29, 1.82) is 0 Å². The van der Waals surface area contributed by atoms with E-state index < -0.39 is 0 Å². The molecular weight excluding hydrogens is 286 g/mol. The van der Waals surface area contributed by atoms with Crippen molar-refractivity contribution in [3.63, 3.8) is 0 Å². The van der Waals surface area contributed by atoms with Crippen LogP contribution in [-0.4, -0.2) is 23.9 Å². The predicted octanol–water partition coefficient (Wildman–Crippen LogP) is 3.68. The van der Waals surface area contributed by atoms with Crippen molar-refractivity contribution in [3.8, 4) is 0 Å². The molecule has 4 heteroatoms. The van der Waals surface area contributed by atoms with E-state index in [-0.39, 0.29) is 11.9 Å². The lowest BCUT2D eigenvalue weighted by Crippen LogP contribution is -2.27. The van der Waals surface area contributed by atoms with Crippen molar-refractivity contribution in [2.24, 2.45) is 0 Å². The Balaban J connectivity index is 1.73. The van der Waals surface area contributed by atoms with Crippen LogP contribution in [0.2, 0.25) is 0 Å². The molecule has 3 rings (SSSR count). The molecule has 4 nitrogen and oxygen atoms in total. The molecule has 1 atom stereocenters. The fourth-order valence-corrected chi connectivity index (χ4v) is 2.99. The minimum atomic E-state index is 0.0804. The number of nitrogens with two attached hydrogens (primary N) is 1. The summed E-state index contributed by atoms with van der Waals surface area (Å²) in [4.78, 5) is 14.3. The molecule has 1 amide bonds. The predicted molar refractivity (Wildman–Crippen MR) is 94.5 cm³/mol. The Hall–Kier alpha value is -2.49. The first-order valence-electron chi connectivity index (χ1n) is 8.15. The molecule has 1 aliphatic rings. The molecule has 2 aromatic rings. The molecule has 0 aromatic heterocycles. The van der Waals surface area contributed by atoms with E-state index in [9.17, 15) is 4.79 Å². The fraction of sp³-hybridized carbons (Fsp3) is 0.316. The van der Waals surface area contributed by atoms with Gasteiger partial charge >= 0.3 is 0 Å². The van der Waals surface area contributed by atoms with Gasteiger partial charge in [-0.1, -0.05) is 30.3 Å². The second-order valence-electron chi connectivity index (χ2n) is 6.08. The van der Waals surface area contributed by atoms with E-state index in [2.05, 4.69) is 24.4 Å². The highest BCUT2D eigenvalue weighted by Gasteiger charge is 2.20. The Morgan fingerprint density at radius 1 is 1.13 bits per heavy atom. The van der Waals surface area contributed by atoms with E-state index in [4.69, 9.17) is 5.73 Å². The first-order valence-corrected chi connectivity index (χ1v) is 8.15. The Kier molecular flexibility index (Phi) is 4.51. The number of nitrogens with zero attached hydrogens (tertiary/aromatic N) is 1. The van der Waals surface area contributed by atoms with E-state index in [1.807, 2.05) is 35.2 Å². The van der Waals surface area contributed by atoms with Gasteiger partial charge in [-0.15, -0.1) is 0 Å². The Bertz CT molecular complexity index is 678. The molecular formula is C19H23N3O. The van der Waals surface area contributed by atoms with Gasteiger partial charge in [-0.25, -0.2) is 0 Å². The molecule has 1 heterocycles. The minimum Gasteiger partial charge on any atom is -0.397 e. The second kappa shape index (κ2) is 6.73. The van der Waals surface area contributed by atoms with Gasteiger partial charge in [0.15, 0.2) is 0 Å². The van der Waals surface area contributed by atoms with Crippen molar-refractivity contribution in [3.05, 3.63) is 59.7 Å². The second-order valence-corrected chi connectivity index (χ2v) is 6.08. The highest BCUT2D eigenvalue weighted by atomic mass is 16.2. The molecule has 1 saturated heterocycles. The van der Waals surface area contributed by atoms with Crippen LogP contribution < -0.4 is 11.1 Å². The Morgan fingerprint density at radius 3 is 2.48 bits per heavy atom. The van der Waals surface area contributed by atoms with Gasteiger partial charge in [-0.2, -0.15) is 0 Å². The summed E-state index contributed by atoms with van der Waals surface area (Å²) in [5.41, 5.74) is 9.49. The lowest BCUT2D eigenvalue weighted by molar-refractivity contribution is 0.0793. The van der Waals surface area contributed by atoms with Crippen LogP contribution in [0.15, 0.2) is 48.5 Å². The maximum atomic E-state index is 12.4. The summed E-state index contributed by atoms with van der Waals surface area (Å²) in [5.74, 6) is 0.0804. The third kappa shape index (κ3) is 3.47. The van der Waals surface area contributed by atoms with Crippen LogP contribution >= 0.6 is 0 Å². The van der Waals surface area contributed by atoms with Crippen LogP contribution in [0.5, 0.6) is 0 Å². The number of rotatable bonds is 4. The summed E-state index contributed by atoms with van der Waals surface area (Å²) in [6.07, 6.45) is 2.19. The van der Waals surface area contributed by atoms with Crippen LogP contribution in [0, 0.1) is 0 Å². The van der Waals surface area contributed by atoms with Crippen LogP contribution in [0.25, 0.3) is 0 Å². The number of carbonyl (C=O) groups excluding carboxylic acids is 1. The molecule has 0 radical (unpaired) electrons. The Morgan fingerprint density at radius 2 is 1.83 bits per heavy atom. The fourth-order valence-electron chi connectivity index (χ4n) is 2.99. The van der Waals surface area contributed by atoms with Crippen molar-refractivity contribution < 1.29 is 4.79 Å². The van der Waals surface area contributed by atoms with Gasteiger partial charge in [0, 0.05) is 24.7 Å². The third-order valence-electron chi connectivity index (χ3n) is 4.36. The van der Waals surface area contributed by atoms with Gasteiger partial charge in [0.25, 0.3) is 5.91 Å². The molecule has 0 bridgehead atoms. The largest absolute Gasteiger partial charge is 0.397 e. The maximum absolute atomic E-state index is 12.4. The molecule has 2 aromatic carbocycles. The van der Waals surface area contributed by atoms with Crippen molar-refractivity contribution >= 4 is 17.3 Å². The van der Waals surface area contributed by atoms with E-state index in [0.29, 0.717) is 11.3 Å². The van der Waals surface area contributed by atoms with Crippen molar-refractivity contribution in [2.75, 3.05) is 24.1 Å². The smallest absolute Gasteiger partial charge is 0.253 e. The number of likely N-dealkylation sites (tertiary alicyclic amines) is 1. The van der Waals surface area contributed by atoms with Gasteiger partial charge in [0.1, 0.15) is 0 Å². The van der Waals surface area contributed by atoms with Gasteiger partial charge in [0.2, 0.25) is 0 Å². The summed E-state index contributed by atoms with van der Waals surface area (Å²) in [6.45, 7) is 3.80. The standard InChI is InChI=1S/C19H23N3O/c1-14(15-7-3-2-4-8-15)21-18-10-9-16(13-17(18)20)19(23)22-11-5-6-12-22/h2-4,7-10,13-14,21H,5-6,11-12,20H2,1H3/t14-/m0/s1. The van der Waals surface area contributed by atoms with Crippen LogP contribution in [-0.2, 0) is 0 Å². The number of benzene rings is 2. The van der Waals surface area contributed by atoms with E-state index in [0.717, 1.165) is 31.6 Å². The van der Waals surface area contributed by atoms with Gasteiger partial charge < -0.3 is 16.0 Å². The van der Waals surface area contributed by atoms with Gasteiger partial charge in [0.05, 0.1) is 11.4 Å². The summed E-state index contributed by atoms with van der Waals surface area (Å²) >= 11 is 0. The van der Waals surface area contributed by atoms with Crippen LogP contribution in [0.1, 0.15) is 41.7 Å². The number of nitrogen functional groups attached to an aromatic ring is 1. The molecule has 1 fully saturated rings. The number of anilines is 2. The lowest BCUT2D eigenvalue weighted by atomic mass is 10.1. The quantitative estimate of drug-likeness (QED) is 0.847. The minimum absolute atomic E-state index is 0.0804. The van der Waals surface area contributed by atoms with Gasteiger partial charge in [-0.3, -0.25) is 4.79 Å². The molecule has 3 N–H and O–H groups in total. The molecule has 0 saturated carbocycles. The van der Waals surface area contributed by atoms with Crippen molar-refractivity contribution in [2.45, 2.75) is 25.8 Å². The number of hydrogen-bond acceptors (Lipinski definition) is 3. The number of nitrogens with one attached hydrogen (secondary N) is 1. The average molecular weight is 309 g/mol. The topological polar surface area (TPSA) is 58.4 Å². The van der Waals surface area contributed by atoms with Crippen LogP contribution in [0.3, 0.4) is 0 Å². The highest BCUT2D eigenvalue weighted by molar-refractivity contribution is 5.96.